The Hall–Kier alpha value is -2.87. The number of para-hydroxylation sites is 2. The number of nitrogens with zero attached hydrogens (tertiary/aromatic N) is 1. The summed E-state index contributed by atoms with van der Waals surface area (Å²) in [7, 11) is 0. The van der Waals surface area contributed by atoms with E-state index in [0.29, 0.717) is 6.42 Å². The van der Waals surface area contributed by atoms with Gasteiger partial charge in [0, 0.05) is 29.0 Å². The average molecular weight is 313 g/mol. The second-order valence-electron chi connectivity index (χ2n) is 6.12. The Labute approximate surface area is 142 Å². The minimum Gasteiger partial charge on any atom is -0.310 e. The van der Waals surface area contributed by atoms with E-state index in [0.717, 1.165) is 35.5 Å². The Bertz CT molecular complexity index is 816. The molecule has 2 heteroatoms. The molecule has 0 bridgehead atoms. The number of rotatable bonds is 3. The molecule has 0 spiro atoms. The summed E-state index contributed by atoms with van der Waals surface area (Å²) in [6.45, 7) is 0. The monoisotopic (exact) mass is 313 g/mol. The highest BCUT2D eigenvalue weighted by molar-refractivity contribution is 5.99. The van der Waals surface area contributed by atoms with E-state index in [1.165, 1.54) is 5.56 Å². The molecule has 0 saturated carbocycles. The van der Waals surface area contributed by atoms with Gasteiger partial charge in [0.25, 0.3) is 0 Å². The quantitative estimate of drug-likeness (QED) is 0.620. The summed E-state index contributed by atoms with van der Waals surface area (Å²) in [6, 6.07) is 26.8. The molecule has 0 aromatic heterocycles. The summed E-state index contributed by atoms with van der Waals surface area (Å²) in [5, 5.41) is 0. The van der Waals surface area contributed by atoms with Crippen LogP contribution in [0.15, 0.2) is 78.9 Å². The fraction of sp³-hybridized carbons (Fsp3) is 0.136. The number of hydrogen-bond acceptors (Lipinski definition) is 2. The highest BCUT2D eigenvalue weighted by Crippen LogP contribution is 2.36. The highest BCUT2D eigenvalue weighted by Gasteiger charge is 2.20. The van der Waals surface area contributed by atoms with Gasteiger partial charge in [-0.15, -0.1) is 0 Å². The number of fused-ring (bicyclic) bond motifs is 1. The van der Waals surface area contributed by atoms with Gasteiger partial charge in [-0.1, -0.05) is 42.5 Å². The molecule has 24 heavy (non-hydrogen) atoms. The summed E-state index contributed by atoms with van der Waals surface area (Å²) in [6.07, 6.45) is 2.62. The fourth-order valence-corrected chi connectivity index (χ4v) is 3.36. The Morgan fingerprint density at radius 3 is 1.92 bits per heavy atom. The van der Waals surface area contributed by atoms with Gasteiger partial charge in [0.05, 0.1) is 0 Å². The molecule has 0 saturated heterocycles. The van der Waals surface area contributed by atoms with E-state index >= 15 is 0 Å². The van der Waals surface area contributed by atoms with Gasteiger partial charge in [0.1, 0.15) is 0 Å². The van der Waals surface area contributed by atoms with Gasteiger partial charge in [-0.3, -0.25) is 4.79 Å². The topological polar surface area (TPSA) is 20.3 Å². The molecule has 0 heterocycles. The molecule has 0 aliphatic heterocycles. The Kier molecular flexibility index (Phi) is 3.87. The summed E-state index contributed by atoms with van der Waals surface area (Å²) in [4.78, 5) is 14.5. The van der Waals surface area contributed by atoms with Crippen molar-refractivity contribution < 1.29 is 4.79 Å². The second-order valence-corrected chi connectivity index (χ2v) is 6.12. The zero-order chi connectivity index (χ0) is 16.4. The molecular weight excluding hydrogens is 294 g/mol. The van der Waals surface area contributed by atoms with Gasteiger partial charge in [-0.05, 0) is 54.8 Å². The van der Waals surface area contributed by atoms with Crippen molar-refractivity contribution in [3.63, 3.8) is 0 Å². The standard InChI is InChI=1S/C22H19NO/c24-22-13-7-8-17-14-15-20(16-21(17)22)23(18-9-3-1-4-10-18)19-11-5-2-6-12-19/h1-6,9-12,14-16H,7-8,13H2. The minimum absolute atomic E-state index is 0.263. The number of carbonyl (C=O) groups is 1. The Morgan fingerprint density at radius 2 is 1.29 bits per heavy atom. The number of hydrogen-bond donors (Lipinski definition) is 0. The molecule has 1 aliphatic rings. The third kappa shape index (κ3) is 2.71. The molecule has 118 valence electrons. The van der Waals surface area contributed by atoms with Crippen LogP contribution in [0.3, 0.4) is 0 Å². The molecule has 0 fully saturated rings. The molecule has 4 rings (SSSR count). The largest absolute Gasteiger partial charge is 0.310 e. The van der Waals surface area contributed by atoms with Gasteiger partial charge in [-0.2, -0.15) is 0 Å². The molecule has 0 unspecified atom stereocenters. The Morgan fingerprint density at radius 1 is 0.667 bits per heavy atom. The minimum atomic E-state index is 0.263. The van der Waals surface area contributed by atoms with Gasteiger partial charge >= 0.3 is 0 Å². The maximum absolute atomic E-state index is 12.3. The first-order valence-electron chi connectivity index (χ1n) is 8.39. The summed E-state index contributed by atoms with van der Waals surface area (Å²) in [5.74, 6) is 0.263. The van der Waals surface area contributed by atoms with Gasteiger partial charge in [0.15, 0.2) is 5.78 Å². The molecule has 0 radical (unpaired) electrons. The number of Topliss-reactive ketones (excluding diaryl/α,β-unsaturated/α-hetero) is 1. The van der Waals surface area contributed by atoms with Crippen LogP contribution in [0.2, 0.25) is 0 Å². The molecule has 0 N–H and O–H groups in total. The number of carbonyl (C=O) groups excluding carboxylic acids is 1. The highest BCUT2D eigenvalue weighted by atomic mass is 16.1. The van der Waals surface area contributed by atoms with Crippen molar-refractivity contribution in [1.29, 1.82) is 0 Å². The lowest BCUT2D eigenvalue weighted by atomic mass is 9.90. The number of anilines is 3. The van der Waals surface area contributed by atoms with Crippen molar-refractivity contribution in [1.82, 2.24) is 0 Å². The summed E-state index contributed by atoms with van der Waals surface area (Å²) < 4.78 is 0. The first-order valence-corrected chi connectivity index (χ1v) is 8.39. The van der Waals surface area contributed by atoms with Crippen molar-refractivity contribution in [2.24, 2.45) is 0 Å². The number of aryl methyl sites for hydroxylation is 1. The number of ketones is 1. The lowest BCUT2D eigenvalue weighted by Gasteiger charge is -2.27. The third-order valence-electron chi connectivity index (χ3n) is 4.53. The Balaban J connectivity index is 1.86. The maximum atomic E-state index is 12.3. The van der Waals surface area contributed by atoms with Crippen molar-refractivity contribution in [2.75, 3.05) is 4.90 Å². The molecular formula is C22H19NO. The lowest BCUT2D eigenvalue weighted by molar-refractivity contribution is 0.0972. The smallest absolute Gasteiger partial charge is 0.163 e. The van der Waals surface area contributed by atoms with Crippen molar-refractivity contribution in [3.8, 4) is 0 Å². The lowest BCUT2D eigenvalue weighted by Crippen LogP contribution is -2.14. The van der Waals surface area contributed by atoms with E-state index in [1.807, 2.05) is 36.4 Å². The van der Waals surface area contributed by atoms with Crippen LogP contribution < -0.4 is 4.90 Å². The van der Waals surface area contributed by atoms with Crippen LogP contribution in [-0.2, 0) is 6.42 Å². The fourth-order valence-electron chi connectivity index (χ4n) is 3.36. The van der Waals surface area contributed by atoms with Gasteiger partial charge in [-0.25, -0.2) is 0 Å². The maximum Gasteiger partial charge on any atom is 0.163 e. The molecule has 0 amide bonds. The van der Waals surface area contributed by atoms with Crippen LogP contribution >= 0.6 is 0 Å². The van der Waals surface area contributed by atoms with Gasteiger partial charge in [0.2, 0.25) is 0 Å². The molecule has 0 atom stereocenters. The predicted molar refractivity (Wildman–Crippen MR) is 98.4 cm³/mol. The van der Waals surface area contributed by atoms with Gasteiger partial charge < -0.3 is 4.90 Å². The summed E-state index contributed by atoms with van der Waals surface area (Å²) >= 11 is 0. The van der Waals surface area contributed by atoms with Crippen LogP contribution in [0.5, 0.6) is 0 Å². The average Bonchev–Trinajstić information content (AvgIpc) is 2.64. The molecule has 2 nitrogen and oxygen atoms in total. The number of benzene rings is 3. The van der Waals surface area contributed by atoms with E-state index < -0.39 is 0 Å². The third-order valence-corrected chi connectivity index (χ3v) is 4.53. The first-order chi connectivity index (χ1) is 11.8. The second kappa shape index (κ2) is 6.32. The zero-order valence-corrected chi connectivity index (χ0v) is 13.5. The van der Waals surface area contributed by atoms with E-state index in [1.54, 1.807) is 0 Å². The van der Waals surface area contributed by atoms with Crippen molar-refractivity contribution >= 4 is 22.8 Å². The van der Waals surface area contributed by atoms with Crippen LogP contribution in [0.25, 0.3) is 0 Å². The van der Waals surface area contributed by atoms with E-state index in [2.05, 4.69) is 47.4 Å². The molecule has 1 aliphatic carbocycles. The first kappa shape index (κ1) is 14.7. The van der Waals surface area contributed by atoms with Crippen LogP contribution in [0, 0.1) is 0 Å². The van der Waals surface area contributed by atoms with Crippen molar-refractivity contribution in [2.45, 2.75) is 19.3 Å². The van der Waals surface area contributed by atoms with Crippen LogP contribution in [-0.4, -0.2) is 5.78 Å². The zero-order valence-electron chi connectivity index (χ0n) is 13.5. The van der Waals surface area contributed by atoms with E-state index in [9.17, 15) is 4.79 Å². The predicted octanol–water partition coefficient (Wildman–Crippen LogP) is 5.68. The molecule has 3 aromatic rings. The van der Waals surface area contributed by atoms with Crippen LogP contribution in [0.1, 0.15) is 28.8 Å². The van der Waals surface area contributed by atoms with E-state index in [-0.39, 0.29) is 5.78 Å². The van der Waals surface area contributed by atoms with Crippen LogP contribution in [0.4, 0.5) is 17.1 Å². The van der Waals surface area contributed by atoms with E-state index in [4.69, 9.17) is 0 Å². The molecule has 3 aromatic carbocycles. The SMILES string of the molecule is O=C1CCCc2ccc(N(c3ccccc3)c3ccccc3)cc21. The van der Waals surface area contributed by atoms with Crippen molar-refractivity contribution in [3.05, 3.63) is 90.0 Å². The summed E-state index contributed by atoms with van der Waals surface area (Å²) in [5.41, 5.74) is 5.27. The normalized spacial score (nSPS) is 13.4.